The molecule has 0 radical (unpaired) electrons. The minimum Gasteiger partial charge on any atom is -0.481 e. The fourth-order valence-corrected chi connectivity index (χ4v) is 5.32. The molecule has 11 nitrogen and oxygen atoms in total. The number of aliphatic carboxylic acids is 1. The Morgan fingerprint density at radius 3 is 2.47 bits per heavy atom. The lowest BCUT2D eigenvalue weighted by molar-refractivity contribution is -0.137. The molecule has 1 fully saturated rings. The van der Waals surface area contributed by atoms with Crippen molar-refractivity contribution in [2.75, 3.05) is 41.7 Å². The van der Waals surface area contributed by atoms with E-state index in [1.807, 2.05) is 25.7 Å². The number of nitrogens with one attached hydrogen (secondary N) is 3. The fourth-order valence-electron chi connectivity index (χ4n) is 5.13. The van der Waals surface area contributed by atoms with Gasteiger partial charge in [0.1, 0.15) is 0 Å². The summed E-state index contributed by atoms with van der Waals surface area (Å²) in [5.41, 5.74) is 2.23. The van der Waals surface area contributed by atoms with Crippen molar-refractivity contribution in [2.45, 2.75) is 46.1 Å². The number of hydrogen-bond acceptors (Lipinski definition) is 6. The lowest BCUT2D eigenvalue weighted by Gasteiger charge is -2.27. The summed E-state index contributed by atoms with van der Waals surface area (Å²) in [6.07, 6.45) is 3.93. The predicted octanol–water partition coefficient (Wildman–Crippen LogP) is 5.80. The number of carboxylic acids is 1. The van der Waals surface area contributed by atoms with E-state index in [-0.39, 0.29) is 23.3 Å². The van der Waals surface area contributed by atoms with Gasteiger partial charge in [0.2, 0.25) is 5.91 Å². The third kappa shape index (κ3) is 9.94. The highest BCUT2D eigenvalue weighted by Gasteiger charge is 2.26. The molecule has 12 heteroatoms. The van der Waals surface area contributed by atoms with Gasteiger partial charge in [-0.3, -0.25) is 19.4 Å². The van der Waals surface area contributed by atoms with Gasteiger partial charge in [0.15, 0.2) is 0 Å². The van der Waals surface area contributed by atoms with Crippen LogP contribution >= 0.6 is 11.6 Å². The highest BCUT2D eigenvalue weighted by Crippen LogP contribution is 2.30. The number of nitrogens with zero attached hydrogens (tertiary/aromatic N) is 3. The summed E-state index contributed by atoms with van der Waals surface area (Å²) in [5.74, 6) is -1.47. The molecule has 1 aliphatic rings. The molecule has 0 bridgehead atoms. The Bertz CT molecular complexity index is 1530. The molecule has 4 rings (SSSR count). The number of hydrogen-bond donors (Lipinski definition) is 4. The quantitative estimate of drug-likeness (QED) is 0.233. The number of carbonyl (C=O) groups is 4. The summed E-state index contributed by atoms with van der Waals surface area (Å²) in [6, 6.07) is 13.7. The average molecular weight is 635 g/mol. The number of rotatable bonds is 9. The number of aromatic nitrogens is 1. The van der Waals surface area contributed by atoms with E-state index < -0.39 is 23.9 Å². The molecule has 1 aromatic heterocycles. The monoisotopic (exact) mass is 634 g/mol. The van der Waals surface area contributed by atoms with Crippen LogP contribution in [0.5, 0.6) is 0 Å². The number of benzene rings is 2. The molecule has 2 heterocycles. The molecular weight excluding hydrogens is 596 g/mol. The molecule has 238 valence electrons. The van der Waals surface area contributed by atoms with Crippen molar-refractivity contribution in [3.8, 4) is 0 Å². The van der Waals surface area contributed by atoms with E-state index in [0.717, 1.165) is 6.42 Å². The van der Waals surface area contributed by atoms with E-state index in [2.05, 4.69) is 25.8 Å². The molecule has 1 saturated heterocycles. The Hall–Kier alpha value is -4.64. The third-order valence-electron chi connectivity index (χ3n) is 7.23. The second-order valence-electron chi connectivity index (χ2n) is 12.2. The van der Waals surface area contributed by atoms with Gasteiger partial charge >= 0.3 is 12.0 Å². The van der Waals surface area contributed by atoms with E-state index in [0.29, 0.717) is 60.2 Å². The van der Waals surface area contributed by atoms with Crippen LogP contribution in [0.3, 0.4) is 0 Å². The average Bonchev–Trinajstić information content (AvgIpc) is 3.23. The molecule has 3 aromatic rings. The van der Waals surface area contributed by atoms with Gasteiger partial charge in [-0.15, -0.1) is 0 Å². The second-order valence-corrected chi connectivity index (χ2v) is 12.6. The van der Waals surface area contributed by atoms with Crippen LogP contribution in [-0.4, -0.2) is 65.0 Å². The first kappa shape index (κ1) is 33.3. The summed E-state index contributed by atoms with van der Waals surface area (Å²) in [5, 5.41) is 18.4. The number of urea groups is 1. The maximum absolute atomic E-state index is 13.4. The first-order chi connectivity index (χ1) is 21.4. The minimum absolute atomic E-state index is 0.111. The van der Waals surface area contributed by atoms with Crippen LogP contribution in [0.25, 0.3) is 0 Å². The molecule has 2 aromatic carbocycles. The van der Waals surface area contributed by atoms with E-state index >= 15 is 0 Å². The first-order valence-corrected chi connectivity index (χ1v) is 15.2. The van der Waals surface area contributed by atoms with Crippen molar-refractivity contribution >= 4 is 52.5 Å². The number of carboxylic acid groups (broad SMARTS) is 1. The Balaban J connectivity index is 1.59. The van der Waals surface area contributed by atoms with Crippen LogP contribution in [-0.2, 0) is 9.59 Å². The highest BCUT2D eigenvalue weighted by atomic mass is 35.5. The topological polar surface area (TPSA) is 144 Å². The Kier molecular flexibility index (Phi) is 11.0. The molecule has 0 saturated carbocycles. The fraction of sp³-hybridized carbons (Fsp3) is 0.364. The van der Waals surface area contributed by atoms with Crippen molar-refractivity contribution in [3.63, 3.8) is 0 Å². The largest absolute Gasteiger partial charge is 0.481 e. The van der Waals surface area contributed by atoms with E-state index in [4.69, 9.17) is 11.6 Å². The van der Waals surface area contributed by atoms with Crippen LogP contribution in [0.15, 0.2) is 67.0 Å². The van der Waals surface area contributed by atoms with Crippen LogP contribution in [0.2, 0.25) is 5.02 Å². The molecule has 4 N–H and O–H groups in total. The SMILES string of the molecule is CC(C)(C)CC(=O)N1CCCN(c2ccc(C(=O)NC(CC(=O)O)c3cccnc3)cc2NC(=O)Nc2cccc(Cl)c2)CC1. The Morgan fingerprint density at radius 2 is 1.78 bits per heavy atom. The van der Waals surface area contributed by atoms with Gasteiger partial charge in [0.05, 0.1) is 23.8 Å². The van der Waals surface area contributed by atoms with E-state index in [1.165, 1.54) is 6.20 Å². The molecule has 1 aliphatic heterocycles. The molecule has 1 unspecified atom stereocenters. The Morgan fingerprint density at radius 1 is 0.978 bits per heavy atom. The Labute approximate surface area is 268 Å². The van der Waals surface area contributed by atoms with Crippen molar-refractivity contribution in [1.82, 2.24) is 15.2 Å². The van der Waals surface area contributed by atoms with Gasteiger partial charge < -0.3 is 30.9 Å². The lowest BCUT2D eigenvalue weighted by atomic mass is 9.91. The van der Waals surface area contributed by atoms with E-state index in [1.54, 1.807) is 60.8 Å². The molecule has 4 amide bonds. The number of carbonyl (C=O) groups excluding carboxylic acids is 3. The standard InChI is InChI=1S/C33H39ClN6O5/c1-33(2,3)20-29(41)40-14-6-13-39(15-16-40)28-11-10-22(17-27(28)38-32(45)36-25-9-4-8-24(34)18-25)31(44)37-26(19-30(42)43)23-7-5-12-35-21-23/h4-5,7-12,17-18,21,26H,6,13-16,19-20H2,1-3H3,(H,37,44)(H,42,43)(H2,36,38,45). The van der Waals surface area contributed by atoms with Gasteiger partial charge in [0.25, 0.3) is 5.91 Å². The first-order valence-electron chi connectivity index (χ1n) is 14.8. The van der Waals surface area contributed by atoms with Crippen molar-refractivity contribution in [2.24, 2.45) is 5.41 Å². The van der Waals surface area contributed by atoms with Crippen molar-refractivity contribution in [3.05, 3.63) is 83.1 Å². The number of anilines is 3. The van der Waals surface area contributed by atoms with Crippen LogP contribution in [0.4, 0.5) is 21.9 Å². The van der Waals surface area contributed by atoms with Crippen LogP contribution in [0.1, 0.15) is 62.0 Å². The number of pyridine rings is 1. The summed E-state index contributed by atoms with van der Waals surface area (Å²) < 4.78 is 0. The lowest BCUT2D eigenvalue weighted by Crippen LogP contribution is -2.37. The minimum atomic E-state index is -1.07. The third-order valence-corrected chi connectivity index (χ3v) is 7.47. The summed E-state index contributed by atoms with van der Waals surface area (Å²) >= 11 is 6.08. The highest BCUT2D eigenvalue weighted by molar-refractivity contribution is 6.30. The maximum atomic E-state index is 13.4. The molecule has 0 aliphatic carbocycles. The zero-order valence-corrected chi connectivity index (χ0v) is 26.4. The maximum Gasteiger partial charge on any atom is 0.323 e. The van der Waals surface area contributed by atoms with Crippen molar-refractivity contribution in [1.29, 1.82) is 0 Å². The zero-order valence-electron chi connectivity index (χ0n) is 25.7. The van der Waals surface area contributed by atoms with E-state index in [9.17, 15) is 24.3 Å². The van der Waals surface area contributed by atoms with Crippen molar-refractivity contribution < 1.29 is 24.3 Å². The molecule has 0 spiro atoms. The number of amides is 4. The molecule has 1 atom stereocenters. The van der Waals surface area contributed by atoms with Gasteiger partial charge in [-0.1, -0.05) is 44.5 Å². The smallest absolute Gasteiger partial charge is 0.323 e. The summed E-state index contributed by atoms with van der Waals surface area (Å²) in [7, 11) is 0. The van der Waals surface area contributed by atoms with Gasteiger partial charge in [-0.25, -0.2) is 4.79 Å². The van der Waals surface area contributed by atoms with Crippen LogP contribution < -0.4 is 20.9 Å². The molecule has 45 heavy (non-hydrogen) atoms. The van der Waals surface area contributed by atoms with Gasteiger partial charge in [-0.2, -0.15) is 0 Å². The second kappa shape index (κ2) is 14.9. The number of halogens is 1. The van der Waals surface area contributed by atoms with Gasteiger partial charge in [-0.05, 0) is 59.9 Å². The summed E-state index contributed by atoms with van der Waals surface area (Å²) in [6.45, 7) is 8.44. The normalized spacial score (nSPS) is 14.2. The zero-order chi connectivity index (χ0) is 32.6. The molecular formula is C33H39ClN6O5. The van der Waals surface area contributed by atoms with Gasteiger partial charge in [0, 0.05) is 61.3 Å². The predicted molar refractivity (Wildman–Crippen MR) is 175 cm³/mol. The summed E-state index contributed by atoms with van der Waals surface area (Å²) in [4.78, 5) is 59.1. The van der Waals surface area contributed by atoms with Crippen LogP contribution in [0, 0.1) is 5.41 Å².